The van der Waals surface area contributed by atoms with Crippen molar-refractivity contribution < 1.29 is 0 Å². The Morgan fingerprint density at radius 1 is 1.33 bits per heavy atom. The lowest BCUT2D eigenvalue weighted by molar-refractivity contribution is 1.10. The third-order valence-corrected chi connectivity index (χ3v) is 1.79. The first kappa shape index (κ1) is 9.01. The molecule has 0 aromatic heterocycles. The monoisotopic (exact) mass is 161 g/mol. The van der Waals surface area contributed by atoms with E-state index in [4.69, 9.17) is 5.73 Å². The Morgan fingerprint density at radius 2 is 2.00 bits per heavy atom. The number of hydrogen-bond donors (Lipinski definition) is 1. The van der Waals surface area contributed by atoms with E-state index < -0.39 is 0 Å². The van der Waals surface area contributed by atoms with Gasteiger partial charge in [0.15, 0.2) is 0 Å². The van der Waals surface area contributed by atoms with Crippen molar-refractivity contribution in [2.75, 3.05) is 6.54 Å². The maximum absolute atomic E-state index is 5.41. The highest BCUT2D eigenvalue weighted by atomic mass is 14.5. The summed E-state index contributed by atoms with van der Waals surface area (Å²) in [5.41, 5.74) is 8.09. The van der Waals surface area contributed by atoms with Crippen LogP contribution in [0.3, 0.4) is 0 Å². The minimum Gasteiger partial charge on any atom is -0.327 e. The van der Waals surface area contributed by atoms with Crippen molar-refractivity contribution in [2.24, 2.45) is 5.73 Å². The van der Waals surface area contributed by atoms with Crippen LogP contribution in [-0.2, 0) is 6.42 Å². The molecule has 0 spiro atoms. The van der Waals surface area contributed by atoms with Crippen molar-refractivity contribution >= 4 is 0 Å². The summed E-state index contributed by atoms with van der Waals surface area (Å²) in [6.45, 7) is 2.75. The number of nitrogens with two attached hydrogens (primary N) is 1. The van der Waals surface area contributed by atoms with Crippen LogP contribution in [0.1, 0.15) is 12.5 Å². The lowest BCUT2D eigenvalue weighted by Crippen LogP contribution is -1.96. The van der Waals surface area contributed by atoms with Gasteiger partial charge in [-0.25, -0.2) is 0 Å². The Hall–Kier alpha value is -1.08. The average molecular weight is 161 g/mol. The van der Waals surface area contributed by atoms with E-state index in [1.165, 1.54) is 11.1 Å². The topological polar surface area (TPSA) is 26.0 Å². The summed E-state index contributed by atoms with van der Waals surface area (Å²) in [6.07, 6.45) is 3.07. The van der Waals surface area contributed by atoms with E-state index in [0.717, 1.165) is 6.42 Å². The van der Waals surface area contributed by atoms with Crippen LogP contribution in [0.25, 0.3) is 0 Å². The van der Waals surface area contributed by atoms with Crippen molar-refractivity contribution in [3.05, 3.63) is 47.5 Å². The highest BCUT2D eigenvalue weighted by Gasteiger charge is 1.91. The predicted molar refractivity (Wildman–Crippen MR) is 53.0 cm³/mol. The van der Waals surface area contributed by atoms with Crippen LogP contribution in [-0.4, -0.2) is 6.54 Å². The molecule has 1 aromatic carbocycles. The van der Waals surface area contributed by atoms with Crippen LogP contribution in [0.2, 0.25) is 0 Å². The maximum atomic E-state index is 5.41. The molecule has 0 saturated heterocycles. The van der Waals surface area contributed by atoms with E-state index in [2.05, 4.69) is 37.3 Å². The second-order valence-electron chi connectivity index (χ2n) is 2.95. The number of benzene rings is 1. The van der Waals surface area contributed by atoms with Crippen molar-refractivity contribution in [1.82, 2.24) is 0 Å². The van der Waals surface area contributed by atoms with Gasteiger partial charge in [0.1, 0.15) is 0 Å². The van der Waals surface area contributed by atoms with Gasteiger partial charge in [-0.1, -0.05) is 42.0 Å². The number of hydrogen-bond acceptors (Lipinski definition) is 1. The van der Waals surface area contributed by atoms with Crippen molar-refractivity contribution in [3.63, 3.8) is 0 Å². The van der Waals surface area contributed by atoms with E-state index in [9.17, 15) is 0 Å². The molecule has 1 aromatic rings. The molecule has 0 saturated carbocycles. The first-order valence-electron chi connectivity index (χ1n) is 4.22. The highest BCUT2D eigenvalue weighted by molar-refractivity contribution is 5.20. The molecular weight excluding hydrogens is 146 g/mol. The lowest BCUT2D eigenvalue weighted by atomic mass is 10.1. The Kier molecular flexibility index (Phi) is 3.55. The minimum absolute atomic E-state index is 0.638. The molecule has 0 aliphatic heterocycles. The molecule has 2 N–H and O–H groups in total. The van der Waals surface area contributed by atoms with Gasteiger partial charge in [0, 0.05) is 6.54 Å². The molecule has 1 nitrogen and oxygen atoms in total. The van der Waals surface area contributed by atoms with Crippen molar-refractivity contribution in [3.8, 4) is 0 Å². The summed E-state index contributed by atoms with van der Waals surface area (Å²) >= 11 is 0. The summed E-state index contributed by atoms with van der Waals surface area (Å²) in [5, 5.41) is 0. The van der Waals surface area contributed by atoms with E-state index >= 15 is 0 Å². The molecule has 12 heavy (non-hydrogen) atoms. The quantitative estimate of drug-likeness (QED) is 0.675. The molecular formula is C11H15N. The largest absolute Gasteiger partial charge is 0.327 e. The van der Waals surface area contributed by atoms with Gasteiger partial charge in [-0.2, -0.15) is 0 Å². The van der Waals surface area contributed by atoms with Crippen LogP contribution in [0.5, 0.6) is 0 Å². The van der Waals surface area contributed by atoms with E-state index in [1.807, 2.05) is 6.07 Å². The minimum atomic E-state index is 0.638. The molecule has 0 aliphatic rings. The summed E-state index contributed by atoms with van der Waals surface area (Å²) in [7, 11) is 0. The smallest absolute Gasteiger partial charge is 0.0109 e. The van der Waals surface area contributed by atoms with Gasteiger partial charge in [0.2, 0.25) is 0 Å². The molecule has 0 unspecified atom stereocenters. The summed E-state index contributed by atoms with van der Waals surface area (Å²) in [4.78, 5) is 0. The average Bonchev–Trinajstić information content (AvgIpc) is 2.06. The maximum Gasteiger partial charge on any atom is 0.0109 e. The van der Waals surface area contributed by atoms with E-state index in [-0.39, 0.29) is 0 Å². The number of rotatable bonds is 3. The number of allylic oxidation sites excluding steroid dienone is 1. The summed E-state index contributed by atoms with van der Waals surface area (Å²) < 4.78 is 0. The molecule has 0 bridgehead atoms. The highest BCUT2D eigenvalue weighted by Crippen LogP contribution is 2.05. The summed E-state index contributed by atoms with van der Waals surface area (Å²) in [5.74, 6) is 0. The molecule has 1 rings (SSSR count). The fourth-order valence-corrected chi connectivity index (χ4v) is 1.19. The third kappa shape index (κ3) is 2.89. The van der Waals surface area contributed by atoms with Gasteiger partial charge >= 0.3 is 0 Å². The van der Waals surface area contributed by atoms with Gasteiger partial charge in [-0.05, 0) is 18.9 Å². The van der Waals surface area contributed by atoms with E-state index in [1.54, 1.807) is 0 Å². The predicted octanol–water partition coefficient (Wildman–Crippen LogP) is 2.13. The van der Waals surface area contributed by atoms with Crippen LogP contribution in [0.4, 0.5) is 0 Å². The molecule has 64 valence electrons. The van der Waals surface area contributed by atoms with Crippen molar-refractivity contribution in [1.29, 1.82) is 0 Å². The Morgan fingerprint density at radius 3 is 2.58 bits per heavy atom. The van der Waals surface area contributed by atoms with Gasteiger partial charge < -0.3 is 5.73 Å². The Balaban J connectivity index is 2.58. The Bertz CT molecular complexity index is 249. The first-order valence-corrected chi connectivity index (χ1v) is 4.22. The third-order valence-electron chi connectivity index (χ3n) is 1.79. The zero-order valence-electron chi connectivity index (χ0n) is 7.46. The second-order valence-corrected chi connectivity index (χ2v) is 2.95. The van der Waals surface area contributed by atoms with Gasteiger partial charge in [-0.3, -0.25) is 0 Å². The molecule has 0 fully saturated rings. The zero-order valence-corrected chi connectivity index (χ0v) is 7.46. The van der Waals surface area contributed by atoms with Gasteiger partial charge in [-0.15, -0.1) is 0 Å². The normalized spacial score (nSPS) is 11.7. The molecule has 0 heterocycles. The van der Waals surface area contributed by atoms with E-state index in [0.29, 0.717) is 6.54 Å². The first-order chi connectivity index (χ1) is 5.83. The SMILES string of the molecule is C/C(=C/CN)Cc1ccccc1. The van der Waals surface area contributed by atoms with Crippen LogP contribution in [0, 0.1) is 0 Å². The zero-order chi connectivity index (χ0) is 8.81. The molecule has 0 amide bonds. The second kappa shape index (κ2) is 4.73. The Labute approximate surface area is 73.9 Å². The molecule has 0 atom stereocenters. The molecule has 0 radical (unpaired) electrons. The van der Waals surface area contributed by atoms with Crippen LogP contribution >= 0.6 is 0 Å². The van der Waals surface area contributed by atoms with Crippen LogP contribution in [0.15, 0.2) is 42.0 Å². The van der Waals surface area contributed by atoms with Gasteiger partial charge in [0.25, 0.3) is 0 Å². The van der Waals surface area contributed by atoms with Gasteiger partial charge in [0.05, 0.1) is 0 Å². The molecule has 0 aliphatic carbocycles. The molecule has 1 heteroatoms. The van der Waals surface area contributed by atoms with Crippen molar-refractivity contribution in [2.45, 2.75) is 13.3 Å². The fourth-order valence-electron chi connectivity index (χ4n) is 1.19. The standard InChI is InChI=1S/C11H15N/c1-10(7-8-12)9-11-5-3-2-4-6-11/h2-7H,8-9,12H2,1H3/b10-7-. The fraction of sp³-hybridized carbons (Fsp3) is 0.273. The summed E-state index contributed by atoms with van der Waals surface area (Å²) in [6, 6.07) is 10.4. The lowest BCUT2D eigenvalue weighted by Gasteiger charge is -2.00. The van der Waals surface area contributed by atoms with Crippen LogP contribution < -0.4 is 5.73 Å².